The van der Waals surface area contributed by atoms with Crippen LogP contribution in [0.25, 0.3) is 0 Å². The molecule has 0 aromatic carbocycles. The zero-order valence-corrected chi connectivity index (χ0v) is 18.7. The van der Waals surface area contributed by atoms with Crippen molar-refractivity contribution in [2.24, 2.45) is 0 Å². The van der Waals surface area contributed by atoms with E-state index in [1.165, 1.54) is 0 Å². The summed E-state index contributed by atoms with van der Waals surface area (Å²) >= 11 is 0. The third-order valence-electron chi connectivity index (χ3n) is 0. The molecule has 157 valence electrons. The van der Waals surface area contributed by atoms with E-state index in [1.807, 2.05) is 83.1 Å². The molecule has 0 saturated carbocycles. The molecule has 0 aromatic heterocycles. The van der Waals surface area contributed by atoms with Crippen LogP contribution in [0.4, 0.5) is 0 Å². The third kappa shape index (κ3) is 17000. The molecule has 0 bridgehead atoms. The van der Waals surface area contributed by atoms with Crippen molar-refractivity contribution in [1.29, 1.82) is 0 Å². The Hall–Kier alpha value is 0.649. The largest absolute Gasteiger partial charge is 0.358 e. The molecule has 0 aliphatic heterocycles. The molecule has 0 fully saturated rings. The Labute approximate surface area is 162 Å². The SMILES string of the molecule is C.C.C.C.CC.CC.CC.CC.CC.CC.[CH3-].[CH3-].[CH3-].[CH3-].[Ir]. The minimum atomic E-state index is 0. The minimum absolute atomic E-state index is 0. The molecule has 0 rings (SSSR count). The summed E-state index contributed by atoms with van der Waals surface area (Å²) in [5, 5.41) is 0. The van der Waals surface area contributed by atoms with Gasteiger partial charge in [0.1, 0.15) is 0 Å². The van der Waals surface area contributed by atoms with Crippen LogP contribution in [-0.2, 0) is 20.1 Å². The van der Waals surface area contributed by atoms with E-state index in [9.17, 15) is 0 Å². The molecule has 0 atom stereocenters. The molecule has 21 heavy (non-hydrogen) atoms. The van der Waals surface area contributed by atoms with Crippen molar-refractivity contribution in [3.63, 3.8) is 0 Å². The molecule has 0 aliphatic rings. The maximum atomic E-state index is 2.00. The molecule has 0 N–H and O–H groups in total. The zero-order valence-electron chi connectivity index (χ0n) is 16.3. The van der Waals surface area contributed by atoms with E-state index in [1.54, 1.807) is 0 Å². The van der Waals surface area contributed by atoms with Crippen LogP contribution in [0.3, 0.4) is 0 Å². The molecule has 0 heterocycles. The fraction of sp³-hybridized carbons (Fsp3) is 0.800. The van der Waals surface area contributed by atoms with E-state index in [-0.39, 0.29) is 79.5 Å². The Morgan fingerprint density at radius 1 is 0.238 bits per heavy atom. The van der Waals surface area contributed by atoms with E-state index in [0.29, 0.717) is 0 Å². The number of hydrogen-bond donors (Lipinski definition) is 0. The van der Waals surface area contributed by atoms with Crippen molar-refractivity contribution in [3.05, 3.63) is 29.7 Å². The van der Waals surface area contributed by atoms with Crippen molar-refractivity contribution in [3.8, 4) is 0 Å². The molecule has 0 spiro atoms. The van der Waals surface area contributed by atoms with Crippen molar-refractivity contribution in [2.45, 2.75) is 113 Å². The summed E-state index contributed by atoms with van der Waals surface area (Å²) in [6.45, 7) is 24.0. The summed E-state index contributed by atoms with van der Waals surface area (Å²) in [6.07, 6.45) is 0. The minimum Gasteiger partial charge on any atom is -0.358 e. The van der Waals surface area contributed by atoms with Gasteiger partial charge in [0.15, 0.2) is 0 Å². The van der Waals surface area contributed by atoms with Gasteiger partial charge in [0.2, 0.25) is 0 Å². The predicted molar refractivity (Wildman–Crippen MR) is 121 cm³/mol. The number of rotatable bonds is 0. The topological polar surface area (TPSA) is 0 Å². The summed E-state index contributed by atoms with van der Waals surface area (Å²) in [7, 11) is 0. The van der Waals surface area contributed by atoms with Crippen molar-refractivity contribution < 1.29 is 20.1 Å². The van der Waals surface area contributed by atoms with Crippen LogP contribution in [-0.4, -0.2) is 0 Å². The van der Waals surface area contributed by atoms with Gasteiger partial charge in [0.05, 0.1) is 0 Å². The van der Waals surface area contributed by atoms with Gasteiger partial charge in [-0.1, -0.05) is 113 Å². The van der Waals surface area contributed by atoms with E-state index < -0.39 is 0 Å². The van der Waals surface area contributed by atoms with Gasteiger partial charge in [-0.3, -0.25) is 0 Å². The Morgan fingerprint density at radius 3 is 0.238 bits per heavy atom. The van der Waals surface area contributed by atoms with Gasteiger partial charge in [0.25, 0.3) is 0 Å². The average Bonchev–Trinajstić information content (AvgIpc) is 2.33. The van der Waals surface area contributed by atoms with Crippen LogP contribution in [0.15, 0.2) is 0 Å². The molecule has 0 saturated heterocycles. The van der Waals surface area contributed by atoms with E-state index >= 15 is 0 Å². The monoisotopic (exact) mass is 497 g/mol. The summed E-state index contributed by atoms with van der Waals surface area (Å²) in [5.41, 5.74) is 0. The summed E-state index contributed by atoms with van der Waals surface area (Å²) < 4.78 is 0. The zero-order chi connectivity index (χ0) is 12.0. The Bertz CT molecular complexity index is 5.80. The molecule has 0 nitrogen and oxygen atoms in total. The molecule has 0 unspecified atom stereocenters. The van der Waals surface area contributed by atoms with Gasteiger partial charge < -0.3 is 29.7 Å². The Kier molecular flexibility index (Phi) is 188000. The van der Waals surface area contributed by atoms with E-state index in [0.717, 1.165) is 0 Å². The van der Waals surface area contributed by atoms with Gasteiger partial charge in [-0.05, 0) is 0 Å². The first-order valence-electron chi connectivity index (χ1n) is 6.00. The van der Waals surface area contributed by atoms with Gasteiger partial charge in [-0.25, -0.2) is 0 Å². The van der Waals surface area contributed by atoms with E-state index in [2.05, 4.69) is 0 Å². The fourth-order valence-electron chi connectivity index (χ4n) is 0. The predicted octanol–water partition coefficient (Wildman–Crippen LogP) is 10.5. The van der Waals surface area contributed by atoms with Crippen LogP contribution < -0.4 is 0 Å². The van der Waals surface area contributed by atoms with Crippen molar-refractivity contribution >= 4 is 0 Å². The fourth-order valence-corrected chi connectivity index (χ4v) is 0. The second kappa shape index (κ2) is 18900. The van der Waals surface area contributed by atoms with E-state index in [4.69, 9.17) is 0 Å². The average molecular weight is 497 g/mol. The maximum Gasteiger partial charge on any atom is 0 e. The maximum absolute atomic E-state index is 2.00. The number of hydrogen-bond acceptors (Lipinski definition) is 0. The first kappa shape index (κ1) is 209. The molecule has 0 amide bonds. The summed E-state index contributed by atoms with van der Waals surface area (Å²) in [6, 6.07) is 0. The van der Waals surface area contributed by atoms with Crippen molar-refractivity contribution in [2.75, 3.05) is 0 Å². The summed E-state index contributed by atoms with van der Waals surface area (Å²) in [4.78, 5) is 0. The van der Waals surface area contributed by atoms with Crippen LogP contribution >= 0.6 is 0 Å². The molecule has 0 aromatic rings. The molecule has 1 radical (unpaired) electrons. The smallest absolute Gasteiger partial charge is 0 e. The second-order valence-corrected chi connectivity index (χ2v) is 0. The van der Waals surface area contributed by atoms with Gasteiger partial charge in [-0.15, -0.1) is 0 Å². The van der Waals surface area contributed by atoms with Gasteiger partial charge in [0, 0.05) is 20.1 Å². The summed E-state index contributed by atoms with van der Waals surface area (Å²) in [5.74, 6) is 0. The Morgan fingerprint density at radius 2 is 0.238 bits per heavy atom. The normalized spacial score (nSPS) is 1.71. The first-order valence-corrected chi connectivity index (χ1v) is 6.00. The first-order chi connectivity index (χ1) is 6.00. The van der Waals surface area contributed by atoms with Crippen LogP contribution in [0.2, 0.25) is 0 Å². The molecular formula is C20H64Ir-4. The van der Waals surface area contributed by atoms with Gasteiger partial charge in [-0.2, -0.15) is 0 Å². The third-order valence-corrected chi connectivity index (χ3v) is 0. The Balaban J connectivity index is -0.00000000146. The molecule has 1 heteroatoms. The van der Waals surface area contributed by atoms with Crippen LogP contribution in [0, 0.1) is 29.7 Å². The quantitative estimate of drug-likeness (QED) is 0.292. The van der Waals surface area contributed by atoms with Gasteiger partial charge >= 0.3 is 0 Å². The second-order valence-electron chi connectivity index (χ2n) is 0. The standard InChI is InChI=1S/6C2H6.4CH4.4CH3.Ir/c6*1-2;;;;;;;;;/h6*1-2H3;4*1H4;4*1H3;/q;;;;;;;;;;4*-1;. The molecule has 0 aliphatic carbocycles. The van der Waals surface area contributed by atoms with Crippen molar-refractivity contribution in [1.82, 2.24) is 0 Å². The van der Waals surface area contributed by atoms with Crippen LogP contribution in [0.5, 0.6) is 0 Å². The molecular weight excluding hydrogens is 432 g/mol. The van der Waals surface area contributed by atoms with Crippen LogP contribution in [0.1, 0.15) is 113 Å².